The molecule has 0 aromatic heterocycles. The van der Waals surface area contributed by atoms with E-state index in [1.807, 2.05) is 7.05 Å². The van der Waals surface area contributed by atoms with Crippen molar-refractivity contribution >= 4 is 18.3 Å². The Morgan fingerprint density at radius 3 is 2.81 bits per heavy atom. The number of ether oxygens (including phenoxy) is 1. The molecule has 0 radical (unpaired) electrons. The molecule has 1 saturated heterocycles. The molecule has 1 aliphatic heterocycles. The lowest BCUT2D eigenvalue weighted by molar-refractivity contribution is -0.122. The summed E-state index contributed by atoms with van der Waals surface area (Å²) >= 11 is 0. The zero-order chi connectivity index (χ0) is 10.9. The number of likely N-dealkylation sites (N-methyl/N-ethyl adjacent to an activating group) is 1. The van der Waals surface area contributed by atoms with Crippen LogP contribution in [0.4, 0.5) is 0 Å². The molecule has 0 aromatic carbocycles. The van der Waals surface area contributed by atoms with Crippen LogP contribution < -0.4 is 10.6 Å². The smallest absolute Gasteiger partial charge is 0.220 e. The largest absolute Gasteiger partial charge is 0.378 e. The van der Waals surface area contributed by atoms with Crippen LogP contribution in [0.3, 0.4) is 0 Å². The maximum atomic E-state index is 11.4. The number of carbonyl (C=O) groups is 1. The van der Waals surface area contributed by atoms with Crippen LogP contribution in [0.1, 0.15) is 32.1 Å². The van der Waals surface area contributed by atoms with E-state index in [9.17, 15) is 4.79 Å². The molecule has 1 atom stereocenters. The summed E-state index contributed by atoms with van der Waals surface area (Å²) in [5, 5.41) is 5.86. The quantitative estimate of drug-likeness (QED) is 0.694. The van der Waals surface area contributed by atoms with Crippen LogP contribution >= 0.6 is 12.4 Å². The highest BCUT2D eigenvalue weighted by atomic mass is 35.5. The van der Waals surface area contributed by atoms with Crippen molar-refractivity contribution in [2.75, 3.05) is 26.7 Å². The molecule has 1 amide bonds. The molecule has 0 aliphatic carbocycles. The Hall–Kier alpha value is -0.320. The monoisotopic (exact) mass is 250 g/mol. The molecule has 0 bridgehead atoms. The molecule has 1 unspecified atom stereocenters. The van der Waals surface area contributed by atoms with Crippen molar-refractivity contribution in [1.29, 1.82) is 0 Å². The normalized spacial score (nSPS) is 19.9. The minimum atomic E-state index is 0. The number of rotatable bonds is 6. The molecule has 1 rings (SSSR count). The van der Waals surface area contributed by atoms with Gasteiger partial charge in [0, 0.05) is 26.1 Å². The molecule has 16 heavy (non-hydrogen) atoms. The van der Waals surface area contributed by atoms with Gasteiger partial charge in [0.25, 0.3) is 0 Å². The van der Waals surface area contributed by atoms with Crippen molar-refractivity contribution in [2.45, 2.75) is 38.2 Å². The number of hydrogen-bond donors (Lipinski definition) is 2. The Kier molecular flexibility index (Phi) is 9.68. The third kappa shape index (κ3) is 7.04. The van der Waals surface area contributed by atoms with Crippen molar-refractivity contribution in [1.82, 2.24) is 10.6 Å². The highest BCUT2D eigenvalue weighted by Crippen LogP contribution is 2.16. The second-order valence-electron chi connectivity index (χ2n) is 3.98. The summed E-state index contributed by atoms with van der Waals surface area (Å²) in [6.07, 6.45) is 5.30. The van der Waals surface area contributed by atoms with E-state index in [1.165, 1.54) is 12.8 Å². The Bertz CT molecular complexity index is 185. The highest BCUT2D eigenvalue weighted by Gasteiger charge is 2.14. The van der Waals surface area contributed by atoms with Gasteiger partial charge in [-0.25, -0.2) is 0 Å². The lowest BCUT2D eigenvalue weighted by atomic mass is 10.0. The van der Waals surface area contributed by atoms with Crippen molar-refractivity contribution in [3.05, 3.63) is 0 Å². The number of carbonyl (C=O) groups excluding carboxylic acids is 1. The topological polar surface area (TPSA) is 50.4 Å². The van der Waals surface area contributed by atoms with Gasteiger partial charge in [0.05, 0.1) is 6.10 Å². The maximum Gasteiger partial charge on any atom is 0.220 e. The Labute approximate surface area is 104 Å². The zero-order valence-corrected chi connectivity index (χ0v) is 10.8. The van der Waals surface area contributed by atoms with E-state index >= 15 is 0 Å². The number of nitrogens with one attached hydrogen (secondary N) is 2. The van der Waals surface area contributed by atoms with E-state index in [0.29, 0.717) is 19.1 Å². The molecular weight excluding hydrogens is 228 g/mol. The number of amides is 1. The van der Waals surface area contributed by atoms with Crippen LogP contribution in [0.2, 0.25) is 0 Å². The molecular formula is C11H23ClN2O2. The first-order valence-corrected chi connectivity index (χ1v) is 5.86. The van der Waals surface area contributed by atoms with E-state index in [-0.39, 0.29) is 18.3 Å². The average molecular weight is 251 g/mol. The van der Waals surface area contributed by atoms with Gasteiger partial charge in [-0.1, -0.05) is 0 Å². The summed E-state index contributed by atoms with van der Waals surface area (Å²) in [6.45, 7) is 2.40. The minimum absolute atomic E-state index is 0. The van der Waals surface area contributed by atoms with Crippen LogP contribution in [0, 0.1) is 0 Å². The lowest BCUT2D eigenvalue weighted by Gasteiger charge is -2.22. The second-order valence-corrected chi connectivity index (χ2v) is 3.98. The SMILES string of the molecule is CNCCNC(=O)CCC1CCCCO1.Cl. The molecule has 0 aromatic rings. The van der Waals surface area contributed by atoms with E-state index in [4.69, 9.17) is 4.74 Å². The molecule has 0 spiro atoms. The zero-order valence-electron chi connectivity index (χ0n) is 9.96. The second kappa shape index (κ2) is 9.87. The van der Waals surface area contributed by atoms with Crippen LogP contribution in [-0.2, 0) is 9.53 Å². The van der Waals surface area contributed by atoms with Gasteiger partial charge >= 0.3 is 0 Å². The fraction of sp³-hybridized carbons (Fsp3) is 0.909. The van der Waals surface area contributed by atoms with Crippen molar-refractivity contribution in [2.24, 2.45) is 0 Å². The Morgan fingerprint density at radius 2 is 2.19 bits per heavy atom. The molecule has 1 aliphatic rings. The molecule has 4 nitrogen and oxygen atoms in total. The predicted octanol–water partition coefficient (Wildman–Crippen LogP) is 1.09. The van der Waals surface area contributed by atoms with Gasteiger partial charge in [-0.2, -0.15) is 0 Å². The Balaban J connectivity index is 0.00000225. The lowest BCUT2D eigenvalue weighted by Crippen LogP contribution is -2.31. The van der Waals surface area contributed by atoms with E-state index in [2.05, 4.69) is 10.6 Å². The van der Waals surface area contributed by atoms with Crippen molar-refractivity contribution in [3.63, 3.8) is 0 Å². The van der Waals surface area contributed by atoms with E-state index in [0.717, 1.165) is 26.0 Å². The fourth-order valence-corrected chi connectivity index (χ4v) is 1.74. The van der Waals surface area contributed by atoms with Gasteiger partial charge in [0.2, 0.25) is 5.91 Å². The average Bonchev–Trinajstić information content (AvgIpc) is 2.28. The number of halogens is 1. The van der Waals surface area contributed by atoms with Crippen LogP contribution in [0.15, 0.2) is 0 Å². The first-order chi connectivity index (χ1) is 7.33. The Morgan fingerprint density at radius 1 is 1.38 bits per heavy atom. The van der Waals surface area contributed by atoms with Crippen LogP contribution in [0.25, 0.3) is 0 Å². The van der Waals surface area contributed by atoms with Gasteiger partial charge in [-0.05, 0) is 32.7 Å². The molecule has 2 N–H and O–H groups in total. The molecule has 96 valence electrons. The summed E-state index contributed by atoms with van der Waals surface area (Å²) in [5.41, 5.74) is 0. The molecule has 1 fully saturated rings. The first kappa shape index (κ1) is 15.7. The maximum absolute atomic E-state index is 11.4. The fourth-order valence-electron chi connectivity index (χ4n) is 1.74. The molecule has 0 saturated carbocycles. The summed E-state index contributed by atoms with van der Waals surface area (Å²) in [4.78, 5) is 11.4. The van der Waals surface area contributed by atoms with E-state index < -0.39 is 0 Å². The summed E-state index contributed by atoms with van der Waals surface area (Å²) in [5.74, 6) is 0.138. The summed E-state index contributed by atoms with van der Waals surface area (Å²) in [7, 11) is 1.88. The third-order valence-electron chi connectivity index (χ3n) is 2.66. The molecule has 1 heterocycles. The van der Waals surface area contributed by atoms with Gasteiger partial charge in [0.1, 0.15) is 0 Å². The third-order valence-corrected chi connectivity index (χ3v) is 2.66. The van der Waals surface area contributed by atoms with Crippen LogP contribution in [-0.4, -0.2) is 38.8 Å². The van der Waals surface area contributed by atoms with E-state index in [1.54, 1.807) is 0 Å². The highest BCUT2D eigenvalue weighted by molar-refractivity contribution is 5.85. The summed E-state index contributed by atoms with van der Waals surface area (Å²) in [6, 6.07) is 0. The summed E-state index contributed by atoms with van der Waals surface area (Å²) < 4.78 is 5.56. The van der Waals surface area contributed by atoms with Crippen molar-refractivity contribution < 1.29 is 9.53 Å². The van der Waals surface area contributed by atoms with Gasteiger partial charge in [-0.3, -0.25) is 4.79 Å². The van der Waals surface area contributed by atoms with Gasteiger partial charge in [0.15, 0.2) is 0 Å². The van der Waals surface area contributed by atoms with Crippen molar-refractivity contribution in [3.8, 4) is 0 Å². The first-order valence-electron chi connectivity index (χ1n) is 5.86. The predicted molar refractivity (Wildman–Crippen MR) is 67.0 cm³/mol. The van der Waals surface area contributed by atoms with Crippen LogP contribution in [0.5, 0.6) is 0 Å². The standard InChI is InChI=1S/C11H22N2O2.ClH/c1-12-7-8-13-11(14)6-5-10-4-2-3-9-15-10;/h10,12H,2-9H2,1H3,(H,13,14);1H. The van der Waals surface area contributed by atoms with Gasteiger partial charge < -0.3 is 15.4 Å². The van der Waals surface area contributed by atoms with Gasteiger partial charge in [-0.15, -0.1) is 12.4 Å². The number of hydrogen-bond acceptors (Lipinski definition) is 3. The minimum Gasteiger partial charge on any atom is -0.378 e. The molecule has 5 heteroatoms.